The first-order valence-corrected chi connectivity index (χ1v) is 8.79. The van der Waals surface area contributed by atoms with Crippen molar-refractivity contribution >= 4 is 28.7 Å². The van der Waals surface area contributed by atoms with Crippen LogP contribution in [0.25, 0.3) is 11.0 Å². The molecule has 4 nitrogen and oxygen atoms in total. The fourth-order valence-corrected chi connectivity index (χ4v) is 3.60. The molecule has 0 spiro atoms. The van der Waals surface area contributed by atoms with Crippen LogP contribution in [0.15, 0.2) is 29.4 Å². The maximum Gasteiger partial charge on any atom is 0.240 e. The normalized spacial score (nSPS) is 16.2. The van der Waals surface area contributed by atoms with Gasteiger partial charge in [-0.2, -0.15) is 0 Å². The molecule has 112 valence electrons. The highest BCUT2D eigenvalue weighted by Crippen LogP contribution is 2.22. The summed E-state index contributed by atoms with van der Waals surface area (Å²) in [5, 5.41) is 4.07. The number of para-hydroxylation sites is 2. The SMILES string of the molecule is CSc1nc2ccccc2n1CC(=O)NC1CCCCC1. The molecule has 3 rings (SSSR count). The molecule has 0 saturated heterocycles. The van der Waals surface area contributed by atoms with E-state index in [-0.39, 0.29) is 5.91 Å². The van der Waals surface area contributed by atoms with E-state index in [0.29, 0.717) is 12.6 Å². The van der Waals surface area contributed by atoms with Crippen molar-refractivity contribution in [3.05, 3.63) is 24.3 Å². The summed E-state index contributed by atoms with van der Waals surface area (Å²) in [5.41, 5.74) is 1.98. The molecule has 1 fully saturated rings. The number of amides is 1. The van der Waals surface area contributed by atoms with Gasteiger partial charge in [-0.1, -0.05) is 43.2 Å². The first-order valence-electron chi connectivity index (χ1n) is 7.56. The van der Waals surface area contributed by atoms with Gasteiger partial charge in [0.2, 0.25) is 5.91 Å². The monoisotopic (exact) mass is 303 g/mol. The first-order chi connectivity index (χ1) is 10.3. The summed E-state index contributed by atoms with van der Waals surface area (Å²) in [5.74, 6) is 0.0975. The zero-order valence-corrected chi connectivity index (χ0v) is 13.2. The molecule has 1 heterocycles. The van der Waals surface area contributed by atoms with Crippen molar-refractivity contribution in [3.63, 3.8) is 0 Å². The van der Waals surface area contributed by atoms with E-state index in [2.05, 4.69) is 10.3 Å². The highest BCUT2D eigenvalue weighted by atomic mass is 32.2. The van der Waals surface area contributed by atoms with E-state index in [4.69, 9.17) is 0 Å². The third-order valence-corrected chi connectivity index (χ3v) is 4.75. The molecule has 0 bridgehead atoms. The van der Waals surface area contributed by atoms with E-state index in [0.717, 1.165) is 29.0 Å². The third-order valence-electron chi connectivity index (χ3n) is 4.07. The molecule has 0 unspecified atom stereocenters. The van der Waals surface area contributed by atoms with Crippen LogP contribution in [0.2, 0.25) is 0 Å². The van der Waals surface area contributed by atoms with Gasteiger partial charge in [0, 0.05) is 6.04 Å². The van der Waals surface area contributed by atoms with Crippen molar-refractivity contribution in [2.75, 3.05) is 6.26 Å². The maximum absolute atomic E-state index is 12.3. The zero-order chi connectivity index (χ0) is 14.7. The second-order valence-corrected chi connectivity index (χ2v) is 6.35. The van der Waals surface area contributed by atoms with Crippen molar-refractivity contribution in [3.8, 4) is 0 Å². The Morgan fingerprint density at radius 1 is 1.33 bits per heavy atom. The van der Waals surface area contributed by atoms with Crippen LogP contribution in [0.5, 0.6) is 0 Å². The largest absolute Gasteiger partial charge is 0.352 e. The molecule has 1 amide bonds. The second-order valence-electron chi connectivity index (χ2n) is 5.58. The van der Waals surface area contributed by atoms with E-state index >= 15 is 0 Å². The number of rotatable bonds is 4. The molecule has 1 aromatic heterocycles. The number of nitrogens with one attached hydrogen (secondary N) is 1. The number of thioether (sulfide) groups is 1. The highest BCUT2D eigenvalue weighted by Gasteiger charge is 2.17. The lowest BCUT2D eigenvalue weighted by atomic mass is 9.95. The van der Waals surface area contributed by atoms with Crippen molar-refractivity contribution in [2.45, 2.75) is 49.8 Å². The number of benzene rings is 1. The maximum atomic E-state index is 12.3. The number of imidazole rings is 1. The summed E-state index contributed by atoms with van der Waals surface area (Å²) in [6, 6.07) is 8.34. The fourth-order valence-electron chi connectivity index (χ4n) is 3.03. The third kappa shape index (κ3) is 3.23. The molecule has 1 aromatic carbocycles. The van der Waals surface area contributed by atoms with Crippen molar-refractivity contribution in [1.29, 1.82) is 0 Å². The van der Waals surface area contributed by atoms with Gasteiger partial charge in [0.1, 0.15) is 6.54 Å². The van der Waals surface area contributed by atoms with Gasteiger partial charge in [0.25, 0.3) is 0 Å². The molecule has 1 aliphatic carbocycles. The highest BCUT2D eigenvalue weighted by molar-refractivity contribution is 7.98. The van der Waals surface area contributed by atoms with E-state index in [9.17, 15) is 4.79 Å². The molecule has 21 heavy (non-hydrogen) atoms. The Kier molecular flexibility index (Phi) is 4.48. The number of nitrogens with zero attached hydrogens (tertiary/aromatic N) is 2. The zero-order valence-electron chi connectivity index (χ0n) is 12.3. The van der Waals surface area contributed by atoms with Gasteiger partial charge >= 0.3 is 0 Å². The molecule has 1 N–H and O–H groups in total. The molecular formula is C16H21N3OS. The molecule has 1 saturated carbocycles. The van der Waals surface area contributed by atoms with Gasteiger partial charge in [-0.25, -0.2) is 4.98 Å². The minimum absolute atomic E-state index is 0.0975. The Labute approximate surface area is 129 Å². The predicted octanol–water partition coefficient (Wildman–Crippen LogP) is 3.21. The van der Waals surface area contributed by atoms with E-state index in [1.54, 1.807) is 11.8 Å². The van der Waals surface area contributed by atoms with Crippen LogP contribution < -0.4 is 5.32 Å². The standard InChI is InChI=1S/C16H21N3OS/c1-21-16-18-13-9-5-6-10-14(13)19(16)11-15(20)17-12-7-3-2-4-8-12/h5-6,9-10,12H,2-4,7-8,11H2,1H3,(H,17,20). The van der Waals surface area contributed by atoms with E-state index in [1.165, 1.54) is 19.3 Å². The lowest BCUT2D eigenvalue weighted by Crippen LogP contribution is -2.38. The van der Waals surface area contributed by atoms with Gasteiger partial charge in [-0.3, -0.25) is 4.79 Å². The lowest BCUT2D eigenvalue weighted by Gasteiger charge is -2.23. The van der Waals surface area contributed by atoms with Crippen molar-refractivity contribution in [1.82, 2.24) is 14.9 Å². The number of hydrogen-bond donors (Lipinski definition) is 1. The van der Waals surface area contributed by atoms with Crippen molar-refractivity contribution < 1.29 is 4.79 Å². The minimum Gasteiger partial charge on any atom is -0.352 e. The number of fused-ring (bicyclic) bond motifs is 1. The average Bonchev–Trinajstić information content (AvgIpc) is 2.86. The number of carbonyl (C=O) groups excluding carboxylic acids is 1. The average molecular weight is 303 g/mol. The summed E-state index contributed by atoms with van der Waals surface area (Å²) < 4.78 is 2.01. The smallest absolute Gasteiger partial charge is 0.240 e. The Morgan fingerprint density at radius 2 is 2.10 bits per heavy atom. The first kappa shape index (κ1) is 14.4. The number of carbonyl (C=O) groups is 1. The summed E-state index contributed by atoms with van der Waals surface area (Å²) >= 11 is 1.58. The Bertz CT molecular complexity index is 631. The number of hydrogen-bond acceptors (Lipinski definition) is 3. The van der Waals surface area contributed by atoms with Gasteiger partial charge < -0.3 is 9.88 Å². The van der Waals surface area contributed by atoms with Crippen molar-refractivity contribution in [2.24, 2.45) is 0 Å². The van der Waals surface area contributed by atoms with Crippen LogP contribution >= 0.6 is 11.8 Å². The number of aromatic nitrogens is 2. The van der Waals surface area contributed by atoms with E-state index < -0.39 is 0 Å². The van der Waals surface area contributed by atoms with Crippen LogP contribution in [-0.2, 0) is 11.3 Å². The van der Waals surface area contributed by atoms with Crippen LogP contribution in [0.3, 0.4) is 0 Å². The quantitative estimate of drug-likeness (QED) is 0.882. The Balaban J connectivity index is 1.75. The van der Waals surface area contributed by atoms with Crippen LogP contribution in [0.4, 0.5) is 0 Å². The van der Waals surface area contributed by atoms with Gasteiger partial charge in [-0.05, 0) is 31.2 Å². The minimum atomic E-state index is 0.0975. The molecule has 1 aliphatic rings. The van der Waals surface area contributed by atoms with Crippen LogP contribution in [-0.4, -0.2) is 27.8 Å². The van der Waals surface area contributed by atoms with Crippen LogP contribution in [0, 0.1) is 0 Å². The predicted molar refractivity (Wildman–Crippen MR) is 86.5 cm³/mol. The van der Waals surface area contributed by atoms with Gasteiger partial charge in [0.05, 0.1) is 11.0 Å². The Hall–Kier alpha value is -1.49. The molecule has 0 atom stereocenters. The summed E-state index contributed by atoms with van der Waals surface area (Å²) in [4.78, 5) is 16.9. The van der Waals surface area contributed by atoms with Gasteiger partial charge in [0.15, 0.2) is 5.16 Å². The molecular weight excluding hydrogens is 282 g/mol. The Morgan fingerprint density at radius 3 is 2.86 bits per heavy atom. The second kappa shape index (κ2) is 6.52. The molecule has 5 heteroatoms. The summed E-state index contributed by atoms with van der Waals surface area (Å²) in [6.45, 7) is 0.354. The molecule has 0 aliphatic heterocycles. The summed E-state index contributed by atoms with van der Waals surface area (Å²) in [6.07, 6.45) is 7.99. The lowest BCUT2D eigenvalue weighted by molar-refractivity contribution is -0.122. The molecule has 0 radical (unpaired) electrons. The topological polar surface area (TPSA) is 46.9 Å². The molecule has 2 aromatic rings. The van der Waals surface area contributed by atoms with E-state index in [1.807, 2.05) is 35.1 Å². The summed E-state index contributed by atoms with van der Waals surface area (Å²) in [7, 11) is 0. The van der Waals surface area contributed by atoms with Crippen LogP contribution in [0.1, 0.15) is 32.1 Å². The van der Waals surface area contributed by atoms with Gasteiger partial charge in [-0.15, -0.1) is 0 Å². The fraction of sp³-hybridized carbons (Fsp3) is 0.500.